The van der Waals surface area contributed by atoms with Gasteiger partial charge in [0.15, 0.2) is 0 Å². The number of aryl methyl sites for hydroxylation is 1. The molecule has 2 N–H and O–H groups in total. The van der Waals surface area contributed by atoms with Crippen molar-refractivity contribution < 1.29 is 29.0 Å². The Bertz CT molecular complexity index is 1520. The van der Waals surface area contributed by atoms with Crippen LogP contribution in [0.25, 0.3) is 0 Å². The third kappa shape index (κ3) is 8.78. The standard InChI is InChI=1S/C36H46N4O6/c1-25-14-17-30(33(23-25)46-22-10-6-7-13-34(42)40-20-18-27(19-21-40)38(2)3)39(4)36(44)26-15-16-29(32(24-26)45-5)37-35(43)28-11-8-9-12-31(28)41/h8-9,11-12,14-17,23-24,27,41H,6-7,10,13,18-22H2,1-5H3,(H,37,43). The number of para-hydroxylation sites is 1. The number of phenols is 1. The minimum atomic E-state index is -0.499. The smallest absolute Gasteiger partial charge is 0.259 e. The lowest BCUT2D eigenvalue weighted by molar-refractivity contribution is -0.132. The molecule has 3 aromatic rings. The molecule has 4 rings (SSSR count). The summed E-state index contributed by atoms with van der Waals surface area (Å²) in [7, 11) is 7.34. The Morgan fingerprint density at radius 1 is 0.935 bits per heavy atom. The van der Waals surface area contributed by atoms with Gasteiger partial charge in [0.2, 0.25) is 5.91 Å². The first-order valence-corrected chi connectivity index (χ1v) is 15.8. The highest BCUT2D eigenvalue weighted by Crippen LogP contribution is 2.32. The van der Waals surface area contributed by atoms with Crippen LogP contribution in [0.15, 0.2) is 60.7 Å². The lowest BCUT2D eigenvalue weighted by Crippen LogP contribution is -2.44. The summed E-state index contributed by atoms with van der Waals surface area (Å²) in [6.45, 7) is 4.11. The number of carbonyl (C=O) groups excluding carboxylic acids is 3. The number of likely N-dealkylation sites (tertiary alicyclic amines) is 1. The van der Waals surface area contributed by atoms with Gasteiger partial charge in [0.25, 0.3) is 11.8 Å². The van der Waals surface area contributed by atoms with Crippen LogP contribution < -0.4 is 19.7 Å². The third-order valence-corrected chi connectivity index (χ3v) is 8.47. The number of nitrogens with zero attached hydrogens (tertiary/aromatic N) is 3. The molecule has 246 valence electrons. The Kier molecular flexibility index (Phi) is 12.0. The average molecular weight is 631 g/mol. The third-order valence-electron chi connectivity index (χ3n) is 8.47. The summed E-state index contributed by atoms with van der Waals surface area (Å²) in [5.41, 5.74) is 2.49. The van der Waals surface area contributed by atoms with E-state index in [4.69, 9.17) is 9.47 Å². The van der Waals surface area contributed by atoms with Crippen LogP contribution in [-0.4, -0.2) is 86.6 Å². The Morgan fingerprint density at radius 3 is 2.37 bits per heavy atom. The van der Waals surface area contributed by atoms with Crippen molar-refractivity contribution in [2.24, 2.45) is 0 Å². The predicted octanol–water partition coefficient (Wildman–Crippen LogP) is 5.73. The highest BCUT2D eigenvalue weighted by molar-refractivity contribution is 6.09. The van der Waals surface area contributed by atoms with Gasteiger partial charge in [-0.15, -0.1) is 0 Å². The van der Waals surface area contributed by atoms with Gasteiger partial charge in [0.05, 0.1) is 30.7 Å². The summed E-state index contributed by atoms with van der Waals surface area (Å²) in [6, 6.07) is 17.3. The first kappa shape index (κ1) is 34.3. The molecule has 1 aliphatic rings. The molecule has 10 heteroatoms. The Balaban J connectivity index is 1.31. The first-order valence-electron chi connectivity index (χ1n) is 15.8. The molecule has 0 aromatic heterocycles. The van der Waals surface area contributed by atoms with E-state index >= 15 is 0 Å². The number of carbonyl (C=O) groups is 3. The molecule has 0 spiro atoms. The number of ether oxygens (including phenoxy) is 2. The van der Waals surface area contributed by atoms with Crippen molar-refractivity contribution in [2.45, 2.75) is 51.5 Å². The monoisotopic (exact) mass is 630 g/mol. The number of piperidine rings is 1. The zero-order valence-corrected chi connectivity index (χ0v) is 27.5. The molecule has 0 unspecified atom stereocenters. The summed E-state index contributed by atoms with van der Waals surface area (Å²) in [4.78, 5) is 44.7. The minimum Gasteiger partial charge on any atom is -0.507 e. The number of phenolic OH excluding ortho intramolecular Hbond substituents is 1. The summed E-state index contributed by atoms with van der Waals surface area (Å²) >= 11 is 0. The Labute approximate surface area is 271 Å². The number of aromatic hydroxyl groups is 1. The second-order valence-electron chi connectivity index (χ2n) is 12.0. The second kappa shape index (κ2) is 16.1. The van der Waals surface area contributed by atoms with Crippen molar-refractivity contribution in [1.29, 1.82) is 0 Å². The molecule has 3 amide bonds. The zero-order chi connectivity index (χ0) is 33.2. The van der Waals surface area contributed by atoms with Gasteiger partial charge in [0, 0.05) is 38.2 Å². The van der Waals surface area contributed by atoms with E-state index in [1.54, 1.807) is 37.4 Å². The van der Waals surface area contributed by atoms with Gasteiger partial charge in [-0.1, -0.05) is 18.2 Å². The number of amides is 3. The van der Waals surface area contributed by atoms with Crippen LogP contribution in [0.3, 0.4) is 0 Å². The molecular weight excluding hydrogens is 584 g/mol. The van der Waals surface area contributed by atoms with Gasteiger partial charge in [-0.25, -0.2) is 0 Å². The van der Waals surface area contributed by atoms with E-state index in [9.17, 15) is 19.5 Å². The molecule has 46 heavy (non-hydrogen) atoms. The van der Waals surface area contributed by atoms with Crippen LogP contribution in [0, 0.1) is 6.92 Å². The van der Waals surface area contributed by atoms with E-state index in [1.807, 2.05) is 30.0 Å². The minimum absolute atomic E-state index is 0.126. The normalized spacial score (nSPS) is 13.4. The molecule has 1 fully saturated rings. The van der Waals surface area contributed by atoms with Crippen LogP contribution in [0.5, 0.6) is 17.2 Å². The van der Waals surface area contributed by atoms with E-state index in [0.717, 1.165) is 50.8 Å². The number of rotatable bonds is 13. The largest absolute Gasteiger partial charge is 0.507 e. The van der Waals surface area contributed by atoms with Crippen molar-refractivity contribution in [3.05, 3.63) is 77.4 Å². The quantitative estimate of drug-likeness (QED) is 0.232. The van der Waals surface area contributed by atoms with Gasteiger partial charge < -0.3 is 34.6 Å². The maximum Gasteiger partial charge on any atom is 0.259 e. The van der Waals surface area contributed by atoms with Gasteiger partial charge in [-0.3, -0.25) is 14.4 Å². The molecule has 0 saturated carbocycles. The molecule has 0 atom stereocenters. The maximum atomic E-state index is 13.6. The van der Waals surface area contributed by atoms with E-state index in [-0.39, 0.29) is 23.1 Å². The highest BCUT2D eigenvalue weighted by Gasteiger charge is 2.24. The Morgan fingerprint density at radius 2 is 1.67 bits per heavy atom. The number of unbranched alkanes of at least 4 members (excludes halogenated alkanes) is 2. The van der Waals surface area contributed by atoms with Crippen molar-refractivity contribution in [1.82, 2.24) is 9.80 Å². The molecule has 10 nitrogen and oxygen atoms in total. The summed E-state index contributed by atoms with van der Waals surface area (Å²) in [5.74, 6) is 0.237. The van der Waals surface area contributed by atoms with Crippen LogP contribution in [0.2, 0.25) is 0 Å². The SMILES string of the molecule is COc1cc(C(=O)N(C)c2ccc(C)cc2OCCCCCC(=O)N2CCC(N(C)C)CC2)ccc1NC(=O)c1ccccc1O. The van der Waals surface area contributed by atoms with Crippen LogP contribution in [0.4, 0.5) is 11.4 Å². The summed E-state index contributed by atoms with van der Waals surface area (Å²) in [5, 5.41) is 12.8. The summed E-state index contributed by atoms with van der Waals surface area (Å²) < 4.78 is 11.6. The van der Waals surface area contributed by atoms with Crippen LogP contribution in [0.1, 0.15) is 64.8 Å². The fourth-order valence-corrected chi connectivity index (χ4v) is 5.63. The van der Waals surface area contributed by atoms with Gasteiger partial charge in [0.1, 0.15) is 17.2 Å². The maximum absolute atomic E-state index is 13.6. The van der Waals surface area contributed by atoms with Crippen molar-refractivity contribution in [2.75, 3.05) is 58.2 Å². The molecular formula is C36H46N4O6. The number of anilines is 2. The highest BCUT2D eigenvalue weighted by atomic mass is 16.5. The van der Waals surface area contributed by atoms with Crippen molar-refractivity contribution in [3.63, 3.8) is 0 Å². The van der Waals surface area contributed by atoms with E-state index in [0.29, 0.717) is 47.5 Å². The fourth-order valence-electron chi connectivity index (χ4n) is 5.63. The molecule has 0 bridgehead atoms. The average Bonchev–Trinajstić information content (AvgIpc) is 3.06. The number of nitrogens with one attached hydrogen (secondary N) is 1. The number of methoxy groups -OCH3 is 1. The molecule has 1 saturated heterocycles. The summed E-state index contributed by atoms with van der Waals surface area (Å²) in [6.07, 6.45) is 5.11. The topological polar surface area (TPSA) is 112 Å². The van der Waals surface area contributed by atoms with Crippen molar-refractivity contribution >= 4 is 29.1 Å². The number of hydrogen-bond acceptors (Lipinski definition) is 7. The van der Waals surface area contributed by atoms with Crippen molar-refractivity contribution in [3.8, 4) is 17.2 Å². The number of hydrogen-bond donors (Lipinski definition) is 2. The molecule has 1 heterocycles. The van der Waals surface area contributed by atoms with Crippen LogP contribution in [-0.2, 0) is 4.79 Å². The lowest BCUT2D eigenvalue weighted by Gasteiger charge is -2.35. The lowest BCUT2D eigenvalue weighted by atomic mass is 10.0. The van der Waals surface area contributed by atoms with Gasteiger partial charge in [-0.2, -0.15) is 0 Å². The van der Waals surface area contributed by atoms with E-state index in [2.05, 4.69) is 24.3 Å². The van der Waals surface area contributed by atoms with Gasteiger partial charge >= 0.3 is 0 Å². The van der Waals surface area contributed by atoms with Gasteiger partial charge in [-0.05, 0) is 101 Å². The molecule has 1 aliphatic heterocycles. The fraction of sp³-hybridized carbons (Fsp3) is 0.417. The molecule has 3 aromatic carbocycles. The molecule has 0 radical (unpaired) electrons. The first-order chi connectivity index (χ1) is 22.1. The van der Waals surface area contributed by atoms with Crippen LogP contribution >= 0.6 is 0 Å². The van der Waals surface area contributed by atoms with E-state index < -0.39 is 5.91 Å². The predicted molar refractivity (Wildman–Crippen MR) is 180 cm³/mol. The van der Waals surface area contributed by atoms with E-state index in [1.165, 1.54) is 24.1 Å². The second-order valence-corrected chi connectivity index (χ2v) is 12.0. The number of benzene rings is 3. The Hall–Kier alpha value is -4.57. The zero-order valence-electron chi connectivity index (χ0n) is 27.5. The molecule has 0 aliphatic carbocycles.